The molecule has 0 radical (unpaired) electrons. The Balaban J connectivity index is 1.41. The van der Waals surface area contributed by atoms with Crippen LogP contribution in [0.2, 0.25) is 0 Å². The zero-order chi connectivity index (χ0) is 20.5. The van der Waals surface area contributed by atoms with Crippen LogP contribution in [0.5, 0.6) is 5.75 Å². The highest BCUT2D eigenvalue weighted by molar-refractivity contribution is 5.92. The third kappa shape index (κ3) is 3.83. The third-order valence-electron chi connectivity index (χ3n) is 5.46. The van der Waals surface area contributed by atoms with Gasteiger partial charge in [0, 0.05) is 50.3 Å². The highest BCUT2D eigenvalue weighted by atomic mass is 16.5. The minimum Gasteiger partial charge on any atom is -0.490 e. The average Bonchev–Trinajstić information content (AvgIpc) is 3.25. The van der Waals surface area contributed by atoms with Crippen LogP contribution in [0.1, 0.15) is 29.0 Å². The van der Waals surface area contributed by atoms with E-state index in [-0.39, 0.29) is 24.5 Å². The maximum Gasteiger partial charge on any atom is 0.274 e. The van der Waals surface area contributed by atoms with Crippen LogP contribution in [0.25, 0.3) is 10.9 Å². The number of amides is 2. The van der Waals surface area contributed by atoms with Crippen molar-refractivity contribution in [3.63, 3.8) is 0 Å². The zero-order valence-electron chi connectivity index (χ0n) is 16.7. The largest absolute Gasteiger partial charge is 0.490 e. The summed E-state index contributed by atoms with van der Waals surface area (Å²) in [6.45, 7) is 3.34. The van der Waals surface area contributed by atoms with Gasteiger partial charge >= 0.3 is 0 Å². The van der Waals surface area contributed by atoms with E-state index in [0.29, 0.717) is 18.8 Å². The van der Waals surface area contributed by atoms with Gasteiger partial charge in [-0.3, -0.25) is 14.3 Å². The van der Waals surface area contributed by atoms with Crippen LogP contribution in [-0.4, -0.2) is 50.3 Å². The smallest absolute Gasteiger partial charge is 0.274 e. The van der Waals surface area contributed by atoms with Crippen molar-refractivity contribution in [3.8, 4) is 5.75 Å². The topological polar surface area (TPSA) is 95.4 Å². The van der Waals surface area contributed by atoms with Crippen LogP contribution >= 0.6 is 0 Å². The van der Waals surface area contributed by atoms with E-state index in [1.807, 2.05) is 60.0 Å². The molecule has 1 aliphatic rings. The van der Waals surface area contributed by atoms with Gasteiger partial charge in [0.15, 0.2) is 5.69 Å². The van der Waals surface area contributed by atoms with Crippen LogP contribution in [0, 0.1) is 6.92 Å². The molecule has 1 saturated heterocycles. The Kier molecular flexibility index (Phi) is 5.00. The Morgan fingerprint density at radius 3 is 2.66 bits per heavy atom. The first-order valence-electron chi connectivity index (χ1n) is 9.75. The van der Waals surface area contributed by atoms with Crippen molar-refractivity contribution in [3.05, 3.63) is 47.9 Å². The number of piperidine rings is 1. The lowest BCUT2D eigenvalue weighted by Crippen LogP contribution is -2.42. The number of fused-ring (bicyclic) bond motifs is 1. The van der Waals surface area contributed by atoms with Crippen molar-refractivity contribution in [1.82, 2.24) is 19.2 Å². The Morgan fingerprint density at radius 2 is 2.00 bits per heavy atom. The molecule has 4 rings (SSSR count). The summed E-state index contributed by atoms with van der Waals surface area (Å²) in [5, 5.41) is 5.24. The average molecular weight is 395 g/mol. The SMILES string of the molecule is Cc1cc(C(=O)N2CCC(Oc3cccc4c3ccn4CC(N)=O)CC2)nn1C. The summed E-state index contributed by atoms with van der Waals surface area (Å²) < 4.78 is 9.79. The van der Waals surface area contributed by atoms with Gasteiger partial charge in [0.05, 0.1) is 5.52 Å². The molecule has 2 aromatic heterocycles. The highest BCUT2D eigenvalue weighted by Gasteiger charge is 2.26. The molecule has 0 saturated carbocycles. The van der Waals surface area contributed by atoms with Gasteiger partial charge in [0.25, 0.3) is 5.91 Å². The van der Waals surface area contributed by atoms with Crippen LogP contribution < -0.4 is 10.5 Å². The summed E-state index contributed by atoms with van der Waals surface area (Å²) in [5.41, 5.74) is 7.69. The van der Waals surface area contributed by atoms with Crippen molar-refractivity contribution < 1.29 is 14.3 Å². The second-order valence-corrected chi connectivity index (χ2v) is 7.50. The number of aryl methyl sites for hydroxylation is 2. The number of carbonyl (C=O) groups is 2. The number of nitrogens with zero attached hydrogens (tertiary/aromatic N) is 4. The lowest BCUT2D eigenvalue weighted by Gasteiger charge is -2.32. The Morgan fingerprint density at radius 1 is 1.24 bits per heavy atom. The van der Waals surface area contributed by atoms with Gasteiger partial charge in [-0.05, 0) is 31.2 Å². The van der Waals surface area contributed by atoms with Crippen LogP contribution in [0.15, 0.2) is 36.5 Å². The number of rotatable bonds is 5. The number of primary amides is 1. The van der Waals surface area contributed by atoms with E-state index in [1.54, 1.807) is 4.68 Å². The fraction of sp³-hybridized carbons (Fsp3) is 0.381. The van der Waals surface area contributed by atoms with E-state index in [0.717, 1.165) is 35.2 Å². The van der Waals surface area contributed by atoms with Gasteiger partial charge in [-0.2, -0.15) is 5.10 Å². The standard InChI is InChI=1S/C21H25N5O3/c1-14-12-17(23-24(14)2)21(28)25-9-6-15(7-10-25)29-19-5-3-4-18-16(19)8-11-26(18)13-20(22)27/h3-5,8,11-12,15H,6-7,9-10,13H2,1-2H3,(H2,22,27). The van der Waals surface area contributed by atoms with E-state index in [9.17, 15) is 9.59 Å². The molecule has 8 nitrogen and oxygen atoms in total. The molecular formula is C21H25N5O3. The van der Waals surface area contributed by atoms with Gasteiger partial charge in [-0.25, -0.2) is 0 Å². The maximum absolute atomic E-state index is 12.7. The first-order chi connectivity index (χ1) is 13.9. The van der Waals surface area contributed by atoms with E-state index in [2.05, 4.69) is 5.10 Å². The summed E-state index contributed by atoms with van der Waals surface area (Å²) in [5.74, 6) is 0.377. The van der Waals surface area contributed by atoms with Crippen molar-refractivity contribution >= 4 is 22.7 Å². The van der Waals surface area contributed by atoms with E-state index in [4.69, 9.17) is 10.5 Å². The molecule has 0 atom stereocenters. The van der Waals surface area contributed by atoms with Gasteiger partial charge < -0.3 is 19.9 Å². The number of hydrogen-bond acceptors (Lipinski definition) is 4. The normalized spacial score (nSPS) is 15.0. The number of likely N-dealkylation sites (tertiary alicyclic amines) is 1. The highest BCUT2D eigenvalue weighted by Crippen LogP contribution is 2.29. The Bertz CT molecular complexity index is 1040. The van der Waals surface area contributed by atoms with Crippen LogP contribution in [0.3, 0.4) is 0 Å². The number of hydrogen-bond donors (Lipinski definition) is 1. The molecule has 0 aliphatic carbocycles. The fourth-order valence-corrected chi connectivity index (χ4v) is 3.79. The molecule has 3 aromatic rings. The zero-order valence-corrected chi connectivity index (χ0v) is 16.7. The molecular weight excluding hydrogens is 370 g/mol. The molecule has 2 amide bonds. The van der Waals surface area contributed by atoms with Gasteiger partial charge in [0.2, 0.25) is 5.91 Å². The molecule has 0 bridgehead atoms. The number of benzene rings is 1. The first kappa shape index (κ1) is 19.0. The lowest BCUT2D eigenvalue weighted by atomic mass is 10.1. The second-order valence-electron chi connectivity index (χ2n) is 7.50. The molecule has 2 N–H and O–H groups in total. The number of nitrogens with two attached hydrogens (primary N) is 1. The number of ether oxygens (including phenoxy) is 1. The fourth-order valence-electron chi connectivity index (χ4n) is 3.79. The molecule has 8 heteroatoms. The first-order valence-corrected chi connectivity index (χ1v) is 9.75. The molecule has 0 unspecified atom stereocenters. The summed E-state index contributed by atoms with van der Waals surface area (Å²) >= 11 is 0. The maximum atomic E-state index is 12.7. The van der Waals surface area contributed by atoms with Crippen molar-refractivity contribution in [1.29, 1.82) is 0 Å². The summed E-state index contributed by atoms with van der Waals surface area (Å²) in [7, 11) is 1.84. The van der Waals surface area contributed by atoms with Gasteiger partial charge in [-0.15, -0.1) is 0 Å². The van der Waals surface area contributed by atoms with Gasteiger partial charge in [-0.1, -0.05) is 6.07 Å². The minimum atomic E-state index is -0.381. The summed E-state index contributed by atoms with van der Waals surface area (Å²) in [6, 6.07) is 9.56. The molecule has 152 valence electrons. The van der Waals surface area contributed by atoms with E-state index >= 15 is 0 Å². The molecule has 3 heterocycles. The predicted molar refractivity (Wildman–Crippen MR) is 109 cm³/mol. The Hall–Kier alpha value is -3.29. The van der Waals surface area contributed by atoms with Crippen molar-refractivity contribution in [2.75, 3.05) is 13.1 Å². The quantitative estimate of drug-likeness (QED) is 0.713. The molecule has 1 aliphatic heterocycles. The molecule has 1 aromatic carbocycles. The molecule has 29 heavy (non-hydrogen) atoms. The summed E-state index contributed by atoms with van der Waals surface area (Å²) in [6.07, 6.45) is 3.40. The monoisotopic (exact) mass is 395 g/mol. The van der Waals surface area contributed by atoms with Crippen molar-refractivity contribution in [2.45, 2.75) is 32.4 Å². The second kappa shape index (κ2) is 7.62. The van der Waals surface area contributed by atoms with Crippen LogP contribution in [0.4, 0.5) is 0 Å². The van der Waals surface area contributed by atoms with E-state index < -0.39 is 0 Å². The molecule has 0 spiro atoms. The minimum absolute atomic E-state index is 0.0298. The Labute approximate surface area is 168 Å². The third-order valence-corrected chi connectivity index (χ3v) is 5.46. The predicted octanol–water partition coefficient (Wildman–Crippen LogP) is 1.85. The summed E-state index contributed by atoms with van der Waals surface area (Å²) in [4.78, 5) is 25.8. The van der Waals surface area contributed by atoms with Crippen molar-refractivity contribution in [2.24, 2.45) is 12.8 Å². The van der Waals surface area contributed by atoms with Crippen LogP contribution in [-0.2, 0) is 18.4 Å². The van der Waals surface area contributed by atoms with Gasteiger partial charge in [0.1, 0.15) is 18.4 Å². The molecule has 1 fully saturated rings. The number of aromatic nitrogens is 3. The van der Waals surface area contributed by atoms with E-state index in [1.165, 1.54) is 0 Å². The lowest BCUT2D eigenvalue weighted by molar-refractivity contribution is -0.118. The number of carbonyl (C=O) groups excluding carboxylic acids is 2.